The van der Waals surface area contributed by atoms with Crippen molar-refractivity contribution in [1.82, 2.24) is 10.3 Å². The number of phenols is 1. The Bertz CT molecular complexity index is 878. The smallest absolute Gasteiger partial charge is 0.252 e. The Labute approximate surface area is 157 Å². The van der Waals surface area contributed by atoms with Crippen LogP contribution in [-0.2, 0) is 19.4 Å². The van der Waals surface area contributed by atoms with Gasteiger partial charge < -0.3 is 15.2 Å². The number of halogens is 1. The number of carbonyl (C=O) groups excluding carboxylic acids is 1. The molecule has 2 N–H and O–H groups in total. The van der Waals surface area contributed by atoms with E-state index in [2.05, 4.69) is 16.4 Å². The highest BCUT2D eigenvalue weighted by Crippen LogP contribution is 2.28. The van der Waals surface area contributed by atoms with Gasteiger partial charge in [-0.15, -0.1) is 0 Å². The second kappa shape index (κ2) is 7.79. The van der Waals surface area contributed by atoms with E-state index in [1.807, 2.05) is 19.1 Å². The number of amides is 1. The molecule has 2 aromatic rings. The number of hydrogen-bond donors (Lipinski definition) is 2. The Morgan fingerprint density at radius 1 is 1.23 bits per heavy atom. The van der Waals surface area contributed by atoms with Crippen LogP contribution in [-0.4, -0.2) is 23.1 Å². The number of fused-ring (bicyclic) bond motifs is 2. The third kappa shape index (κ3) is 3.83. The Balaban J connectivity index is 2.04. The van der Waals surface area contributed by atoms with Crippen LogP contribution in [0.1, 0.15) is 39.2 Å². The van der Waals surface area contributed by atoms with E-state index in [9.17, 15) is 9.90 Å². The predicted molar refractivity (Wildman–Crippen MR) is 101 cm³/mol. The van der Waals surface area contributed by atoms with Crippen molar-refractivity contribution in [3.63, 3.8) is 0 Å². The maximum atomic E-state index is 12.7. The molecule has 1 aliphatic rings. The van der Waals surface area contributed by atoms with Crippen molar-refractivity contribution in [3.8, 4) is 11.6 Å². The molecular formula is C20H21ClN2O3. The molecule has 0 fully saturated rings. The van der Waals surface area contributed by atoms with Crippen LogP contribution in [0.3, 0.4) is 0 Å². The number of rotatable bonds is 1. The molecule has 0 unspecified atom stereocenters. The number of aryl methyl sites for hydroxylation is 2. The van der Waals surface area contributed by atoms with Crippen LogP contribution < -0.4 is 10.1 Å². The van der Waals surface area contributed by atoms with Gasteiger partial charge in [0.1, 0.15) is 5.75 Å². The number of nitrogens with one attached hydrogen (secondary N) is 1. The van der Waals surface area contributed by atoms with Crippen LogP contribution in [0.15, 0.2) is 30.4 Å². The van der Waals surface area contributed by atoms with Gasteiger partial charge >= 0.3 is 0 Å². The van der Waals surface area contributed by atoms with E-state index in [0.29, 0.717) is 35.0 Å². The number of phenolic OH excluding ortho intramolecular Hbond substituents is 1. The van der Waals surface area contributed by atoms with E-state index in [1.165, 1.54) is 6.07 Å². The van der Waals surface area contributed by atoms with Gasteiger partial charge in [0.25, 0.3) is 5.91 Å². The van der Waals surface area contributed by atoms with Crippen molar-refractivity contribution in [2.45, 2.75) is 32.7 Å². The zero-order chi connectivity index (χ0) is 18.7. The summed E-state index contributed by atoms with van der Waals surface area (Å²) in [6.45, 7) is 2.22. The third-order valence-electron chi connectivity index (χ3n) is 4.43. The molecule has 0 radical (unpaired) electrons. The van der Waals surface area contributed by atoms with Crippen molar-refractivity contribution in [1.29, 1.82) is 0 Å². The molecule has 6 heteroatoms. The van der Waals surface area contributed by atoms with E-state index in [1.54, 1.807) is 13.2 Å². The molecule has 1 aliphatic heterocycles. The fourth-order valence-corrected chi connectivity index (χ4v) is 3.39. The van der Waals surface area contributed by atoms with E-state index < -0.39 is 0 Å². The lowest BCUT2D eigenvalue weighted by atomic mass is 9.99. The van der Waals surface area contributed by atoms with Gasteiger partial charge in [-0.3, -0.25) is 4.79 Å². The van der Waals surface area contributed by atoms with Crippen LogP contribution in [0.5, 0.6) is 11.6 Å². The number of hydrogen-bond acceptors (Lipinski definition) is 4. The molecule has 0 atom stereocenters. The SMILES string of the molecule is COc1nc(C)cc2c1CNC(=O)c1cc(Cl)cc(O)c1C/C=C/CC2. The molecule has 136 valence electrons. The lowest BCUT2D eigenvalue weighted by molar-refractivity contribution is 0.0949. The zero-order valence-corrected chi connectivity index (χ0v) is 15.6. The zero-order valence-electron chi connectivity index (χ0n) is 14.8. The molecule has 5 nitrogen and oxygen atoms in total. The first-order chi connectivity index (χ1) is 12.5. The van der Waals surface area contributed by atoms with E-state index in [-0.39, 0.29) is 11.7 Å². The molecule has 1 aromatic carbocycles. The fraction of sp³-hybridized carbons (Fsp3) is 0.300. The molecule has 0 saturated heterocycles. The number of allylic oxidation sites excluding steroid dienone is 2. The Morgan fingerprint density at radius 2 is 2.04 bits per heavy atom. The van der Waals surface area contributed by atoms with Crippen LogP contribution >= 0.6 is 11.6 Å². The number of benzene rings is 1. The number of carbonyl (C=O) groups is 1. The minimum atomic E-state index is -0.291. The maximum Gasteiger partial charge on any atom is 0.252 e. The van der Waals surface area contributed by atoms with Crippen LogP contribution in [0.25, 0.3) is 0 Å². The van der Waals surface area contributed by atoms with Crippen LogP contribution in [0.2, 0.25) is 5.02 Å². The van der Waals surface area contributed by atoms with Gasteiger partial charge in [0.05, 0.1) is 7.11 Å². The minimum absolute atomic E-state index is 0.0274. The highest BCUT2D eigenvalue weighted by atomic mass is 35.5. The summed E-state index contributed by atoms with van der Waals surface area (Å²) in [5.74, 6) is 0.260. The number of aromatic hydroxyl groups is 1. The van der Waals surface area contributed by atoms with Crippen molar-refractivity contribution in [2.24, 2.45) is 0 Å². The van der Waals surface area contributed by atoms with Gasteiger partial charge in [-0.1, -0.05) is 23.8 Å². The fourth-order valence-electron chi connectivity index (χ4n) is 3.18. The molecule has 0 aliphatic carbocycles. The first-order valence-electron chi connectivity index (χ1n) is 8.47. The maximum absolute atomic E-state index is 12.7. The Kier molecular flexibility index (Phi) is 5.47. The summed E-state index contributed by atoms with van der Waals surface area (Å²) in [7, 11) is 1.58. The molecule has 3 rings (SSSR count). The van der Waals surface area contributed by atoms with Crippen LogP contribution in [0.4, 0.5) is 0 Å². The third-order valence-corrected chi connectivity index (χ3v) is 4.65. The van der Waals surface area contributed by atoms with Gasteiger partial charge in [0.2, 0.25) is 5.88 Å². The first kappa shape index (κ1) is 18.3. The average Bonchev–Trinajstić information content (AvgIpc) is 2.59. The molecule has 1 aromatic heterocycles. The highest BCUT2D eigenvalue weighted by molar-refractivity contribution is 6.31. The number of aromatic nitrogens is 1. The number of pyridine rings is 1. The van der Waals surface area contributed by atoms with Crippen molar-refractivity contribution >= 4 is 17.5 Å². The number of ether oxygens (including phenoxy) is 1. The average molecular weight is 373 g/mol. The quantitative estimate of drug-likeness (QED) is 0.748. The lowest BCUT2D eigenvalue weighted by Crippen LogP contribution is -2.25. The summed E-state index contributed by atoms with van der Waals surface area (Å²) >= 11 is 6.03. The summed E-state index contributed by atoms with van der Waals surface area (Å²) in [4.78, 5) is 17.2. The summed E-state index contributed by atoms with van der Waals surface area (Å²) in [5, 5.41) is 13.4. The predicted octanol–water partition coefficient (Wildman–Crippen LogP) is 3.73. The minimum Gasteiger partial charge on any atom is -0.508 e. The molecular weight excluding hydrogens is 352 g/mol. The summed E-state index contributed by atoms with van der Waals surface area (Å²) in [6.07, 6.45) is 6.16. The second-order valence-electron chi connectivity index (χ2n) is 6.26. The monoisotopic (exact) mass is 372 g/mol. The normalized spacial score (nSPS) is 15.7. The Morgan fingerprint density at radius 3 is 2.81 bits per heavy atom. The van der Waals surface area contributed by atoms with Crippen molar-refractivity contribution in [3.05, 3.63) is 63.3 Å². The Hall–Kier alpha value is -2.53. The summed E-state index contributed by atoms with van der Waals surface area (Å²) in [6, 6.07) is 5.07. The second-order valence-corrected chi connectivity index (χ2v) is 6.69. The molecule has 0 saturated carbocycles. The number of methoxy groups -OCH3 is 1. The molecule has 1 amide bonds. The first-order valence-corrected chi connectivity index (χ1v) is 8.85. The largest absolute Gasteiger partial charge is 0.508 e. The van der Waals surface area contributed by atoms with Gasteiger partial charge in [0.15, 0.2) is 0 Å². The van der Waals surface area contributed by atoms with Gasteiger partial charge in [-0.05, 0) is 49.9 Å². The summed E-state index contributed by atoms with van der Waals surface area (Å²) in [5.41, 5.74) is 3.80. The van der Waals surface area contributed by atoms with Gasteiger partial charge in [-0.2, -0.15) is 0 Å². The highest BCUT2D eigenvalue weighted by Gasteiger charge is 2.18. The van der Waals surface area contributed by atoms with E-state index in [0.717, 1.165) is 29.7 Å². The standard InChI is InChI=1S/C20H21ClN2O3/c1-12-8-13-6-4-3-5-7-15-16(9-14(21)10-18(15)24)19(25)22-11-17(13)20(23-12)26-2/h3,5,8-10,24H,4,6-7,11H2,1-2H3,(H,22,25)/b5-3+. The summed E-state index contributed by atoms with van der Waals surface area (Å²) < 4.78 is 5.42. The molecule has 0 bridgehead atoms. The lowest BCUT2D eigenvalue weighted by Gasteiger charge is -2.17. The number of nitrogens with zero attached hydrogens (tertiary/aromatic N) is 1. The van der Waals surface area contributed by atoms with Gasteiger partial charge in [-0.25, -0.2) is 4.98 Å². The van der Waals surface area contributed by atoms with Gasteiger partial charge in [0, 0.05) is 34.0 Å². The van der Waals surface area contributed by atoms with Crippen molar-refractivity contribution in [2.75, 3.05) is 7.11 Å². The molecule has 0 spiro atoms. The topological polar surface area (TPSA) is 71.5 Å². The van der Waals surface area contributed by atoms with E-state index >= 15 is 0 Å². The van der Waals surface area contributed by atoms with Crippen LogP contribution in [0, 0.1) is 6.92 Å². The molecule has 2 heterocycles. The van der Waals surface area contributed by atoms with E-state index in [4.69, 9.17) is 16.3 Å². The van der Waals surface area contributed by atoms with Crippen molar-refractivity contribution < 1.29 is 14.6 Å². The molecule has 26 heavy (non-hydrogen) atoms.